The zero-order valence-electron chi connectivity index (χ0n) is 8.59. The number of hydrogen-bond acceptors (Lipinski definition) is 3. The number of carbonyl (C=O) groups is 1. The Morgan fingerprint density at radius 1 is 1.19 bits per heavy atom. The van der Waals surface area contributed by atoms with Crippen LogP contribution in [0, 0.1) is 0 Å². The van der Waals surface area contributed by atoms with Crippen LogP contribution in [0.4, 0.5) is 5.00 Å². The van der Waals surface area contributed by atoms with Crippen molar-refractivity contribution in [2.75, 3.05) is 5.32 Å². The van der Waals surface area contributed by atoms with Crippen molar-refractivity contribution in [2.24, 2.45) is 5.73 Å². The number of rotatable bonds is 3. The van der Waals surface area contributed by atoms with Gasteiger partial charge in [-0.1, -0.05) is 30.3 Å². The highest BCUT2D eigenvalue weighted by molar-refractivity contribution is 7.14. The molecule has 0 saturated heterocycles. The molecule has 0 aliphatic rings. The van der Waals surface area contributed by atoms with E-state index >= 15 is 0 Å². The van der Waals surface area contributed by atoms with Crippen LogP contribution in [0.1, 0.15) is 11.6 Å². The third kappa shape index (κ3) is 2.48. The number of carbonyl (C=O) groups excluding carboxylic acids is 1. The molecule has 0 aliphatic heterocycles. The van der Waals surface area contributed by atoms with E-state index in [-0.39, 0.29) is 5.91 Å². The van der Waals surface area contributed by atoms with Crippen LogP contribution >= 0.6 is 11.3 Å². The maximum atomic E-state index is 11.8. The summed E-state index contributed by atoms with van der Waals surface area (Å²) in [5, 5.41) is 5.50. The zero-order valence-corrected chi connectivity index (χ0v) is 9.41. The molecular weight excluding hydrogens is 220 g/mol. The largest absolute Gasteiger partial charge is 0.316 e. The fourth-order valence-corrected chi connectivity index (χ4v) is 1.98. The van der Waals surface area contributed by atoms with Crippen molar-refractivity contribution in [1.29, 1.82) is 0 Å². The molecule has 16 heavy (non-hydrogen) atoms. The van der Waals surface area contributed by atoms with Gasteiger partial charge in [0.15, 0.2) is 0 Å². The van der Waals surface area contributed by atoms with Crippen molar-refractivity contribution >= 4 is 22.2 Å². The Morgan fingerprint density at radius 3 is 2.56 bits per heavy atom. The molecule has 0 radical (unpaired) electrons. The fraction of sp³-hybridized carbons (Fsp3) is 0.0833. The molecule has 2 aromatic rings. The van der Waals surface area contributed by atoms with Crippen LogP contribution in [0.25, 0.3) is 0 Å². The highest BCUT2D eigenvalue weighted by Crippen LogP contribution is 2.17. The molecule has 82 valence electrons. The molecule has 1 aromatic carbocycles. The normalized spacial score (nSPS) is 12.1. The number of nitrogens with one attached hydrogen (secondary N) is 1. The first-order valence-corrected chi connectivity index (χ1v) is 5.80. The van der Waals surface area contributed by atoms with Gasteiger partial charge in [-0.15, -0.1) is 11.3 Å². The van der Waals surface area contributed by atoms with E-state index in [1.807, 2.05) is 47.8 Å². The number of hydrogen-bond donors (Lipinski definition) is 2. The van der Waals surface area contributed by atoms with Gasteiger partial charge in [-0.25, -0.2) is 0 Å². The van der Waals surface area contributed by atoms with Gasteiger partial charge in [0.2, 0.25) is 5.91 Å². The van der Waals surface area contributed by atoms with Crippen molar-refractivity contribution in [3.63, 3.8) is 0 Å². The second kappa shape index (κ2) is 4.92. The summed E-state index contributed by atoms with van der Waals surface area (Å²) in [7, 11) is 0. The van der Waals surface area contributed by atoms with Crippen LogP contribution in [-0.4, -0.2) is 5.91 Å². The van der Waals surface area contributed by atoms with Crippen molar-refractivity contribution in [1.82, 2.24) is 0 Å². The van der Waals surface area contributed by atoms with Gasteiger partial charge in [-0.2, -0.15) is 0 Å². The number of nitrogens with two attached hydrogens (primary N) is 1. The average Bonchev–Trinajstić information content (AvgIpc) is 2.82. The third-order valence-corrected chi connectivity index (χ3v) is 2.99. The monoisotopic (exact) mass is 232 g/mol. The Hall–Kier alpha value is -1.65. The molecule has 0 fully saturated rings. The summed E-state index contributed by atoms with van der Waals surface area (Å²) in [6.07, 6.45) is 0. The number of anilines is 1. The predicted molar refractivity (Wildman–Crippen MR) is 66.3 cm³/mol. The molecule has 0 aliphatic carbocycles. The lowest BCUT2D eigenvalue weighted by molar-refractivity contribution is -0.117. The van der Waals surface area contributed by atoms with Gasteiger partial charge >= 0.3 is 0 Å². The molecule has 3 N–H and O–H groups in total. The molecule has 1 aromatic heterocycles. The van der Waals surface area contributed by atoms with Crippen molar-refractivity contribution < 1.29 is 4.79 Å². The Morgan fingerprint density at radius 2 is 1.94 bits per heavy atom. The zero-order chi connectivity index (χ0) is 11.4. The molecule has 2 rings (SSSR count). The first-order chi connectivity index (χ1) is 7.77. The van der Waals surface area contributed by atoms with E-state index in [9.17, 15) is 4.79 Å². The van der Waals surface area contributed by atoms with Gasteiger partial charge in [0, 0.05) is 0 Å². The maximum Gasteiger partial charge on any atom is 0.246 e. The smallest absolute Gasteiger partial charge is 0.246 e. The van der Waals surface area contributed by atoms with Gasteiger partial charge < -0.3 is 11.1 Å². The van der Waals surface area contributed by atoms with Gasteiger partial charge in [-0.3, -0.25) is 4.79 Å². The summed E-state index contributed by atoms with van der Waals surface area (Å²) in [4.78, 5) is 11.8. The first-order valence-electron chi connectivity index (χ1n) is 4.92. The standard InChI is InChI=1S/C12H12N2OS/c13-11(9-5-2-1-3-6-9)12(15)14-10-7-4-8-16-10/h1-8,11H,13H2,(H,14,15). The van der Waals surface area contributed by atoms with Gasteiger partial charge in [0.05, 0.1) is 5.00 Å². The summed E-state index contributed by atoms with van der Waals surface area (Å²) in [5.74, 6) is -0.186. The summed E-state index contributed by atoms with van der Waals surface area (Å²) < 4.78 is 0. The molecule has 4 heteroatoms. The number of amides is 1. The van der Waals surface area contributed by atoms with E-state index in [0.717, 1.165) is 10.6 Å². The summed E-state index contributed by atoms with van der Waals surface area (Å²) in [6.45, 7) is 0. The van der Waals surface area contributed by atoms with Crippen molar-refractivity contribution in [3.05, 3.63) is 53.4 Å². The van der Waals surface area contributed by atoms with Crippen LogP contribution in [0.15, 0.2) is 47.8 Å². The Bertz CT molecular complexity index is 453. The second-order valence-corrected chi connectivity index (χ2v) is 4.30. The van der Waals surface area contributed by atoms with Crippen LogP contribution in [-0.2, 0) is 4.79 Å². The lowest BCUT2D eigenvalue weighted by Crippen LogP contribution is -2.27. The van der Waals surface area contributed by atoms with Crippen molar-refractivity contribution in [2.45, 2.75) is 6.04 Å². The summed E-state index contributed by atoms with van der Waals surface area (Å²) in [6, 6.07) is 12.4. The highest BCUT2D eigenvalue weighted by atomic mass is 32.1. The second-order valence-electron chi connectivity index (χ2n) is 3.35. The van der Waals surface area contributed by atoms with Gasteiger partial charge in [-0.05, 0) is 23.1 Å². The van der Waals surface area contributed by atoms with Gasteiger partial charge in [0.1, 0.15) is 6.04 Å². The molecule has 0 bridgehead atoms. The van der Waals surface area contributed by atoms with E-state index in [4.69, 9.17) is 5.73 Å². The maximum absolute atomic E-state index is 11.8. The molecule has 3 nitrogen and oxygen atoms in total. The van der Waals surface area contributed by atoms with Crippen LogP contribution < -0.4 is 11.1 Å². The molecule has 1 heterocycles. The summed E-state index contributed by atoms with van der Waals surface area (Å²) >= 11 is 1.48. The Kier molecular flexibility index (Phi) is 3.34. The van der Waals surface area contributed by atoms with E-state index in [0.29, 0.717) is 0 Å². The van der Waals surface area contributed by atoms with Crippen LogP contribution in [0.3, 0.4) is 0 Å². The topological polar surface area (TPSA) is 55.1 Å². The Labute approximate surface area is 97.9 Å². The van der Waals surface area contributed by atoms with Crippen LogP contribution in [0.2, 0.25) is 0 Å². The molecule has 0 saturated carbocycles. The highest BCUT2D eigenvalue weighted by Gasteiger charge is 2.15. The molecular formula is C12H12N2OS. The number of thiophene rings is 1. The fourth-order valence-electron chi connectivity index (χ4n) is 1.36. The molecule has 0 spiro atoms. The molecule has 1 amide bonds. The molecule has 1 unspecified atom stereocenters. The minimum atomic E-state index is -0.622. The lowest BCUT2D eigenvalue weighted by atomic mass is 10.1. The van der Waals surface area contributed by atoms with E-state index in [2.05, 4.69) is 5.32 Å². The minimum Gasteiger partial charge on any atom is -0.316 e. The first kappa shape index (κ1) is 10.9. The SMILES string of the molecule is NC(C(=O)Nc1cccs1)c1ccccc1. The van der Waals surface area contributed by atoms with E-state index in [1.54, 1.807) is 0 Å². The number of benzene rings is 1. The van der Waals surface area contributed by atoms with Crippen molar-refractivity contribution in [3.8, 4) is 0 Å². The van der Waals surface area contributed by atoms with E-state index < -0.39 is 6.04 Å². The average molecular weight is 232 g/mol. The predicted octanol–water partition coefficient (Wildman–Crippen LogP) is 2.39. The third-order valence-electron chi connectivity index (χ3n) is 2.21. The minimum absolute atomic E-state index is 0.186. The molecule has 1 atom stereocenters. The van der Waals surface area contributed by atoms with Crippen LogP contribution in [0.5, 0.6) is 0 Å². The Balaban J connectivity index is 2.05. The lowest BCUT2D eigenvalue weighted by Gasteiger charge is -2.11. The van der Waals surface area contributed by atoms with Gasteiger partial charge in [0.25, 0.3) is 0 Å². The van der Waals surface area contributed by atoms with E-state index in [1.165, 1.54) is 11.3 Å². The quantitative estimate of drug-likeness (QED) is 0.853. The summed E-state index contributed by atoms with van der Waals surface area (Å²) in [5.41, 5.74) is 6.66.